The van der Waals surface area contributed by atoms with Gasteiger partial charge in [-0.15, -0.1) is 0 Å². The lowest BCUT2D eigenvalue weighted by molar-refractivity contribution is -0.137. The zero-order valence-corrected chi connectivity index (χ0v) is 9.07. The maximum Gasteiger partial charge on any atom is 0.416 e. The van der Waals surface area contributed by atoms with Gasteiger partial charge in [-0.3, -0.25) is 0 Å². The first kappa shape index (κ1) is 12.4. The highest BCUT2D eigenvalue weighted by molar-refractivity contribution is 5.27. The molecule has 1 N–H and O–H groups in total. The summed E-state index contributed by atoms with van der Waals surface area (Å²) in [6.07, 6.45) is -3.95. The van der Waals surface area contributed by atoms with Crippen LogP contribution in [0.4, 0.5) is 13.2 Å². The van der Waals surface area contributed by atoms with Gasteiger partial charge in [-0.25, -0.2) is 0 Å². The summed E-state index contributed by atoms with van der Waals surface area (Å²) in [4.78, 5) is 0. The van der Waals surface area contributed by atoms with Crippen molar-refractivity contribution >= 4 is 0 Å². The molecule has 0 saturated carbocycles. The molecule has 2 nitrogen and oxygen atoms in total. The molecule has 0 aliphatic carbocycles. The molecule has 2 rings (SSSR count). The van der Waals surface area contributed by atoms with Crippen LogP contribution >= 0.6 is 0 Å². The molecule has 1 aromatic rings. The zero-order valence-electron chi connectivity index (χ0n) is 9.07. The lowest BCUT2D eigenvalue weighted by Gasteiger charge is -2.13. The van der Waals surface area contributed by atoms with Gasteiger partial charge in [-0.05, 0) is 30.5 Å². The summed E-state index contributed by atoms with van der Waals surface area (Å²) in [5.74, 6) is 0. The molecule has 1 fully saturated rings. The summed E-state index contributed by atoms with van der Waals surface area (Å²) >= 11 is 0. The van der Waals surface area contributed by atoms with Crippen LogP contribution in [-0.4, -0.2) is 17.8 Å². The fourth-order valence-electron chi connectivity index (χ4n) is 1.67. The van der Waals surface area contributed by atoms with Crippen molar-refractivity contribution in [2.45, 2.75) is 31.2 Å². The van der Waals surface area contributed by atoms with E-state index < -0.39 is 17.8 Å². The summed E-state index contributed by atoms with van der Waals surface area (Å²) in [5.41, 5.74) is -0.419. The summed E-state index contributed by atoms with van der Waals surface area (Å²) in [6, 6.07) is 4.82. The SMILES string of the molecule is OC(CCC1CO1)c1cccc(C(F)(F)F)c1. The smallest absolute Gasteiger partial charge is 0.388 e. The molecule has 2 atom stereocenters. The van der Waals surface area contributed by atoms with Crippen LogP contribution in [0, 0.1) is 0 Å². The number of halogens is 3. The summed E-state index contributed by atoms with van der Waals surface area (Å²) in [6.45, 7) is 0.690. The largest absolute Gasteiger partial charge is 0.416 e. The van der Waals surface area contributed by atoms with Crippen LogP contribution in [-0.2, 0) is 10.9 Å². The van der Waals surface area contributed by atoms with E-state index in [1.807, 2.05) is 0 Å². The van der Waals surface area contributed by atoms with Gasteiger partial charge in [0.1, 0.15) is 0 Å². The molecule has 0 radical (unpaired) electrons. The van der Waals surface area contributed by atoms with Crippen molar-refractivity contribution in [3.63, 3.8) is 0 Å². The third kappa shape index (κ3) is 3.44. The molecule has 0 amide bonds. The van der Waals surface area contributed by atoms with E-state index in [4.69, 9.17) is 4.74 Å². The molecule has 1 aromatic carbocycles. The normalized spacial score (nSPS) is 21.3. The topological polar surface area (TPSA) is 32.8 Å². The summed E-state index contributed by atoms with van der Waals surface area (Å²) in [7, 11) is 0. The van der Waals surface area contributed by atoms with Gasteiger partial charge in [0.25, 0.3) is 0 Å². The first-order valence-corrected chi connectivity index (χ1v) is 5.43. The molecule has 2 unspecified atom stereocenters. The van der Waals surface area contributed by atoms with E-state index in [0.717, 1.165) is 12.1 Å². The van der Waals surface area contributed by atoms with Crippen LogP contribution in [0.2, 0.25) is 0 Å². The van der Waals surface area contributed by atoms with Crippen molar-refractivity contribution in [3.05, 3.63) is 35.4 Å². The van der Waals surface area contributed by atoms with E-state index >= 15 is 0 Å². The Kier molecular flexibility index (Phi) is 3.40. The van der Waals surface area contributed by atoms with Crippen LogP contribution in [0.3, 0.4) is 0 Å². The van der Waals surface area contributed by atoms with Crippen LogP contribution in [0.25, 0.3) is 0 Å². The van der Waals surface area contributed by atoms with Gasteiger partial charge in [-0.2, -0.15) is 13.2 Å². The maximum absolute atomic E-state index is 12.5. The minimum atomic E-state index is -4.37. The third-order valence-corrected chi connectivity index (χ3v) is 2.76. The lowest BCUT2D eigenvalue weighted by Crippen LogP contribution is -2.07. The molecule has 1 heterocycles. The lowest BCUT2D eigenvalue weighted by atomic mass is 10.0. The van der Waals surface area contributed by atoms with Crippen LogP contribution in [0.15, 0.2) is 24.3 Å². The Labute approximate surface area is 97.0 Å². The van der Waals surface area contributed by atoms with Crippen molar-refractivity contribution in [1.29, 1.82) is 0 Å². The van der Waals surface area contributed by atoms with E-state index in [0.29, 0.717) is 25.0 Å². The van der Waals surface area contributed by atoms with Crippen molar-refractivity contribution < 1.29 is 23.0 Å². The number of ether oxygens (including phenoxy) is 1. The van der Waals surface area contributed by atoms with Gasteiger partial charge in [0.15, 0.2) is 0 Å². The highest BCUT2D eigenvalue weighted by atomic mass is 19.4. The second-order valence-electron chi connectivity index (χ2n) is 4.17. The number of alkyl halides is 3. The molecule has 0 bridgehead atoms. The van der Waals surface area contributed by atoms with Gasteiger partial charge in [0, 0.05) is 0 Å². The van der Waals surface area contributed by atoms with Crippen LogP contribution < -0.4 is 0 Å². The standard InChI is InChI=1S/C12H13F3O2/c13-12(14,15)9-3-1-2-8(6-9)11(16)5-4-10-7-17-10/h1-3,6,10-11,16H,4-5,7H2. The molecule has 5 heteroatoms. The van der Waals surface area contributed by atoms with Crippen molar-refractivity contribution in [2.24, 2.45) is 0 Å². The number of benzene rings is 1. The number of epoxide rings is 1. The van der Waals surface area contributed by atoms with Gasteiger partial charge in [-0.1, -0.05) is 12.1 Å². The molecule has 0 spiro atoms. The molecular formula is C12H13F3O2. The Hall–Kier alpha value is -1.07. The quantitative estimate of drug-likeness (QED) is 0.828. The zero-order chi connectivity index (χ0) is 12.5. The monoisotopic (exact) mass is 246 g/mol. The number of rotatable bonds is 4. The van der Waals surface area contributed by atoms with Gasteiger partial charge in [0.2, 0.25) is 0 Å². The molecule has 1 aliphatic heterocycles. The van der Waals surface area contributed by atoms with E-state index in [2.05, 4.69) is 0 Å². The summed E-state index contributed by atoms with van der Waals surface area (Å²) in [5, 5.41) is 9.76. The van der Waals surface area contributed by atoms with Gasteiger partial charge >= 0.3 is 6.18 Å². The van der Waals surface area contributed by atoms with Crippen LogP contribution in [0.5, 0.6) is 0 Å². The molecule has 17 heavy (non-hydrogen) atoms. The Morgan fingerprint density at radius 1 is 1.41 bits per heavy atom. The Morgan fingerprint density at radius 2 is 2.12 bits per heavy atom. The minimum Gasteiger partial charge on any atom is -0.388 e. The molecule has 1 aliphatic rings. The minimum absolute atomic E-state index is 0.176. The van der Waals surface area contributed by atoms with Crippen molar-refractivity contribution in [1.82, 2.24) is 0 Å². The van der Waals surface area contributed by atoms with Crippen molar-refractivity contribution in [3.8, 4) is 0 Å². The Balaban J connectivity index is 2.03. The second kappa shape index (κ2) is 4.66. The summed E-state index contributed by atoms with van der Waals surface area (Å²) < 4.78 is 42.3. The third-order valence-electron chi connectivity index (χ3n) is 2.76. The van der Waals surface area contributed by atoms with E-state index in [1.54, 1.807) is 0 Å². The van der Waals surface area contributed by atoms with Crippen molar-refractivity contribution in [2.75, 3.05) is 6.61 Å². The predicted molar refractivity (Wildman–Crippen MR) is 55.4 cm³/mol. The number of aliphatic hydroxyl groups excluding tert-OH is 1. The van der Waals surface area contributed by atoms with Crippen LogP contribution in [0.1, 0.15) is 30.1 Å². The second-order valence-corrected chi connectivity index (χ2v) is 4.17. The molecule has 1 saturated heterocycles. The first-order chi connectivity index (χ1) is 7.97. The number of hydrogen-bond acceptors (Lipinski definition) is 2. The van der Waals surface area contributed by atoms with E-state index in [1.165, 1.54) is 12.1 Å². The number of hydrogen-bond donors (Lipinski definition) is 1. The Bertz CT molecular complexity index is 386. The van der Waals surface area contributed by atoms with E-state index in [-0.39, 0.29) is 6.10 Å². The fourth-order valence-corrected chi connectivity index (χ4v) is 1.67. The molecule has 0 aromatic heterocycles. The van der Waals surface area contributed by atoms with E-state index in [9.17, 15) is 18.3 Å². The highest BCUT2D eigenvalue weighted by Gasteiger charge is 2.31. The average Bonchev–Trinajstić information content (AvgIpc) is 3.09. The van der Waals surface area contributed by atoms with Gasteiger partial charge < -0.3 is 9.84 Å². The molecule has 94 valence electrons. The fraction of sp³-hybridized carbons (Fsp3) is 0.500. The highest BCUT2D eigenvalue weighted by Crippen LogP contribution is 2.32. The van der Waals surface area contributed by atoms with Gasteiger partial charge in [0.05, 0.1) is 24.4 Å². The maximum atomic E-state index is 12.5. The number of aliphatic hydroxyl groups is 1. The molecular weight excluding hydrogens is 233 g/mol. The Morgan fingerprint density at radius 3 is 2.71 bits per heavy atom. The predicted octanol–water partition coefficient (Wildman–Crippen LogP) is 2.92. The first-order valence-electron chi connectivity index (χ1n) is 5.43. The average molecular weight is 246 g/mol.